The number of rotatable bonds is 2. The second-order valence-electron chi connectivity index (χ2n) is 6.01. The van der Waals surface area contributed by atoms with Gasteiger partial charge in [-0.25, -0.2) is 0 Å². The molecule has 19 heavy (non-hydrogen) atoms. The van der Waals surface area contributed by atoms with E-state index in [1.165, 1.54) is 16.6 Å². The van der Waals surface area contributed by atoms with E-state index in [4.69, 9.17) is 0 Å². The molecule has 2 aliphatic carbocycles. The third-order valence-corrected chi connectivity index (χ3v) is 5.93. The molecule has 1 saturated heterocycles. The minimum Gasteiger partial charge on any atom is -0.312 e. The van der Waals surface area contributed by atoms with Crippen LogP contribution in [0, 0.1) is 17.3 Å². The Kier molecular flexibility index (Phi) is 3.20. The smallest absolute Gasteiger partial charge is 0.227 e. The van der Waals surface area contributed by atoms with Crippen molar-refractivity contribution in [2.75, 3.05) is 6.54 Å². The summed E-state index contributed by atoms with van der Waals surface area (Å²) in [4.78, 5) is 14.2. The average Bonchev–Trinajstić information content (AvgIpc) is 2.69. The van der Waals surface area contributed by atoms with Gasteiger partial charge in [-0.3, -0.25) is 4.79 Å². The molecule has 0 saturated carbocycles. The molecule has 0 aromatic carbocycles. The molecule has 3 aliphatic rings. The van der Waals surface area contributed by atoms with Crippen molar-refractivity contribution in [3.63, 3.8) is 0 Å². The Morgan fingerprint density at radius 3 is 3.16 bits per heavy atom. The molecule has 2 nitrogen and oxygen atoms in total. The standard InChI is InChI=1S/C16H20BrNO/c1-3-8-18-14-10-11(2)9-12-4-5-13(17)16(12,14)7-6-15(18)19/h3,5,10-12H,1,4,6-9H2,2H3. The van der Waals surface area contributed by atoms with Gasteiger partial charge in [-0.1, -0.05) is 41.1 Å². The van der Waals surface area contributed by atoms with Crippen LogP contribution in [-0.2, 0) is 4.79 Å². The van der Waals surface area contributed by atoms with Gasteiger partial charge in [0.25, 0.3) is 0 Å². The summed E-state index contributed by atoms with van der Waals surface area (Å²) >= 11 is 3.79. The zero-order chi connectivity index (χ0) is 13.6. The minimum absolute atomic E-state index is 0.0728. The summed E-state index contributed by atoms with van der Waals surface area (Å²) in [5.41, 5.74) is 1.30. The third-order valence-electron chi connectivity index (χ3n) is 4.90. The predicted octanol–water partition coefficient (Wildman–Crippen LogP) is 4.00. The number of piperidine rings is 1. The van der Waals surface area contributed by atoms with Crippen molar-refractivity contribution in [3.05, 3.63) is 35.0 Å². The third kappa shape index (κ3) is 1.78. The fourth-order valence-corrected chi connectivity index (χ4v) is 4.99. The van der Waals surface area contributed by atoms with Crippen LogP contribution in [0.15, 0.2) is 35.0 Å². The van der Waals surface area contributed by atoms with Crippen LogP contribution in [0.4, 0.5) is 0 Å². The molecule has 1 amide bonds. The number of allylic oxidation sites excluding steroid dienone is 3. The lowest BCUT2D eigenvalue weighted by molar-refractivity contribution is -0.133. The van der Waals surface area contributed by atoms with Crippen LogP contribution in [0.5, 0.6) is 0 Å². The van der Waals surface area contributed by atoms with Gasteiger partial charge in [0.2, 0.25) is 5.91 Å². The Hall–Kier alpha value is -0.830. The molecule has 3 unspecified atom stereocenters. The molecule has 3 atom stereocenters. The lowest BCUT2D eigenvalue weighted by atomic mass is 9.63. The summed E-state index contributed by atoms with van der Waals surface area (Å²) in [7, 11) is 0. The Morgan fingerprint density at radius 2 is 2.42 bits per heavy atom. The molecule has 0 bridgehead atoms. The van der Waals surface area contributed by atoms with E-state index in [-0.39, 0.29) is 11.3 Å². The Morgan fingerprint density at radius 1 is 1.63 bits per heavy atom. The first-order valence-electron chi connectivity index (χ1n) is 7.09. The first-order chi connectivity index (χ1) is 9.09. The highest BCUT2D eigenvalue weighted by Gasteiger charge is 2.54. The number of nitrogens with zero attached hydrogens (tertiary/aromatic N) is 1. The van der Waals surface area contributed by atoms with E-state index in [0.717, 1.165) is 12.8 Å². The van der Waals surface area contributed by atoms with Crippen molar-refractivity contribution < 1.29 is 4.79 Å². The van der Waals surface area contributed by atoms with Gasteiger partial charge in [0.1, 0.15) is 0 Å². The maximum absolute atomic E-state index is 12.2. The highest BCUT2D eigenvalue weighted by atomic mass is 79.9. The fourth-order valence-electron chi connectivity index (χ4n) is 4.07. The molecule has 1 spiro atoms. The SMILES string of the molecule is C=CCN1C(=O)CCC23C(Br)=CCC2CC(C)C=C13. The van der Waals surface area contributed by atoms with Gasteiger partial charge in [0.05, 0.1) is 0 Å². The normalized spacial score (nSPS) is 37.4. The molecule has 1 heterocycles. The number of likely N-dealkylation sites (tertiary alicyclic amines) is 1. The van der Waals surface area contributed by atoms with Crippen molar-refractivity contribution in [1.82, 2.24) is 4.90 Å². The fraction of sp³-hybridized carbons (Fsp3) is 0.562. The van der Waals surface area contributed by atoms with Crippen LogP contribution in [0.3, 0.4) is 0 Å². The van der Waals surface area contributed by atoms with Crippen LogP contribution in [0.25, 0.3) is 0 Å². The number of carbonyl (C=O) groups excluding carboxylic acids is 1. The van der Waals surface area contributed by atoms with E-state index in [2.05, 4.69) is 41.6 Å². The Bertz CT molecular complexity index is 493. The molecule has 1 fully saturated rings. The highest BCUT2D eigenvalue weighted by Crippen LogP contribution is 2.61. The largest absolute Gasteiger partial charge is 0.312 e. The van der Waals surface area contributed by atoms with Crippen molar-refractivity contribution in [3.8, 4) is 0 Å². The van der Waals surface area contributed by atoms with Gasteiger partial charge in [-0.15, -0.1) is 6.58 Å². The van der Waals surface area contributed by atoms with Crippen LogP contribution in [-0.4, -0.2) is 17.4 Å². The summed E-state index contributed by atoms with van der Waals surface area (Å²) in [5.74, 6) is 1.45. The topological polar surface area (TPSA) is 20.3 Å². The van der Waals surface area contributed by atoms with E-state index < -0.39 is 0 Å². The molecular weight excluding hydrogens is 302 g/mol. The monoisotopic (exact) mass is 321 g/mol. The van der Waals surface area contributed by atoms with Crippen molar-refractivity contribution in [1.29, 1.82) is 0 Å². The van der Waals surface area contributed by atoms with E-state index >= 15 is 0 Å². The van der Waals surface area contributed by atoms with Crippen LogP contribution in [0.2, 0.25) is 0 Å². The van der Waals surface area contributed by atoms with E-state index in [0.29, 0.717) is 24.8 Å². The Balaban J connectivity index is 2.10. The van der Waals surface area contributed by atoms with E-state index in [1.807, 2.05) is 11.0 Å². The summed E-state index contributed by atoms with van der Waals surface area (Å²) in [5, 5.41) is 0. The first kappa shape index (κ1) is 13.2. The number of carbonyl (C=O) groups is 1. The molecule has 102 valence electrons. The second kappa shape index (κ2) is 4.62. The summed E-state index contributed by atoms with van der Waals surface area (Å²) in [6.45, 7) is 6.69. The molecule has 0 aromatic heterocycles. The van der Waals surface area contributed by atoms with Gasteiger partial charge in [0, 0.05) is 28.6 Å². The van der Waals surface area contributed by atoms with Crippen LogP contribution < -0.4 is 0 Å². The number of amides is 1. The van der Waals surface area contributed by atoms with Gasteiger partial charge in [-0.05, 0) is 31.1 Å². The number of hydrogen-bond acceptors (Lipinski definition) is 1. The molecular formula is C16H20BrNO. The van der Waals surface area contributed by atoms with Crippen molar-refractivity contribution in [2.24, 2.45) is 17.3 Å². The zero-order valence-corrected chi connectivity index (χ0v) is 12.9. The quantitative estimate of drug-likeness (QED) is 0.704. The summed E-state index contributed by atoms with van der Waals surface area (Å²) in [6, 6.07) is 0. The number of halogens is 1. The van der Waals surface area contributed by atoms with E-state index in [9.17, 15) is 4.79 Å². The van der Waals surface area contributed by atoms with Gasteiger partial charge < -0.3 is 4.90 Å². The van der Waals surface area contributed by atoms with Crippen LogP contribution in [0.1, 0.15) is 32.6 Å². The maximum atomic E-state index is 12.2. The lowest BCUT2D eigenvalue weighted by Crippen LogP contribution is -2.49. The average molecular weight is 322 g/mol. The van der Waals surface area contributed by atoms with Crippen LogP contribution >= 0.6 is 15.9 Å². The zero-order valence-electron chi connectivity index (χ0n) is 11.4. The highest BCUT2D eigenvalue weighted by molar-refractivity contribution is 9.11. The van der Waals surface area contributed by atoms with Crippen molar-refractivity contribution >= 4 is 21.8 Å². The van der Waals surface area contributed by atoms with E-state index in [1.54, 1.807) is 0 Å². The Labute approximate surface area is 123 Å². The summed E-state index contributed by atoms with van der Waals surface area (Å²) < 4.78 is 1.30. The second-order valence-corrected chi connectivity index (χ2v) is 6.87. The summed E-state index contributed by atoms with van der Waals surface area (Å²) in [6.07, 6.45) is 10.4. The predicted molar refractivity (Wildman–Crippen MR) is 80.6 cm³/mol. The lowest BCUT2D eigenvalue weighted by Gasteiger charge is -2.50. The maximum Gasteiger partial charge on any atom is 0.227 e. The molecule has 3 rings (SSSR count). The molecule has 0 N–H and O–H groups in total. The molecule has 1 aliphatic heterocycles. The van der Waals surface area contributed by atoms with Gasteiger partial charge in [-0.2, -0.15) is 0 Å². The van der Waals surface area contributed by atoms with Gasteiger partial charge in [0.15, 0.2) is 0 Å². The molecule has 0 radical (unpaired) electrons. The molecule has 3 heteroatoms. The number of hydrogen-bond donors (Lipinski definition) is 0. The van der Waals surface area contributed by atoms with Gasteiger partial charge >= 0.3 is 0 Å². The first-order valence-corrected chi connectivity index (χ1v) is 7.88. The molecule has 0 aromatic rings. The van der Waals surface area contributed by atoms with Crippen molar-refractivity contribution in [2.45, 2.75) is 32.6 Å². The minimum atomic E-state index is 0.0728.